The monoisotopic (exact) mass is 478 g/mol. The lowest BCUT2D eigenvalue weighted by molar-refractivity contribution is -0.138. The van der Waals surface area contributed by atoms with Gasteiger partial charge in [-0.05, 0) is 42.3 Å². The number of hydrogen-bond acceptors (Lipinski definition) is 4. The number of aryl methyl sites for hydroxylation is 1. The fraction of sp³-hybridized carbons (Fsp3) is 0.200. The first-order chi connectivity index (χ1) is 16.8. The number of benzene rings is 2. The number of rotatable bonds is 6. The third kappa shape index (κ3) is 4.34. The SMILES string of the molecule is Cc1cccc(C(F)(F)F)c1Cn1nc(C(=O)NCCc2nnc3ccccn23)c2ccccc21. The zero-order chi connectivity index (χ0) is 24.6. The molecule has 0 atom stereocenters. The van der Waals surface area contributed by atoms with Crippen LogP contribution in [0.1, 0.15) is 33.0 Å². The average Bonchev–Trinajstić information content (AvgIpc) is 3.41. The Balaban J connectivity index is 1.40. The number of carbonyl (C=O) groups excluding carboxylic acids is 1. The highest BCUT2D eigenvalue weighted by Crippen LogP contribution is 2.34. The zero-order valence-electron chi connectivity index (χ0n) is 18.8. The van der Waals surface area contributed by atoms with Gasteiger partial charge in [0.2, 0.25) is 0 Å². The summed E-state index contributed by atoms with van der Waals surface area (Å²) in [6.45, 7) is 1.82. The van der Waals surface area contributed by atoms with E-state index in [4.69, 9.17) is 0 Å². The van der Waals surface area contributed by atoms with Gasteiger partial charge in [-0.25, -0.2) is 0 Å². The molecule has 0 aliphatic carbocycles. The third-order valence-electron chi connectivity index (χ3n) is 5.92. The number of nitrogens with one attached hydrogen (secondary N) is 1. The van der Waals surface area contributed by atoms with E-state index >= 15 is 0 Å². The molecular weight excluding hydrogens is 457 g/mol. The second-order valence-corrected chi connectivity index (χ2v) is 8.17. The van der Waals surface area contributed by atoms with E-state index in [9.17, 15) is 18.0 Å². The van der Waals surface area contributed by atoms with Crippen molar-refractivity contribution in [3.63, 3.8) is 0 Å². The highest BCUT2D eigenvalue weighted by atomic mass is 19.4. The summed E-state index contributed by atoms with van der Waals surface area (Å²) in [5.74, 6) is 0.296. The van der Waals surface area contributed by atoms with Crippen molar-refractivity contribution >= 4 is 22.5 Å². The Morgan fingerprint density at radius 2 is 1.80 bits per heavy atom. The summed E-state index contributed by atoms with van der Waals surface area (Å²) < 4.78 is 44.2. The molecule has 3 heterocycles. The molecule has 3 aromatic heterocycles. The smallest absolute Gasteiger partial charge is 0.350 e. The number of amides is 1. The summed E-state index contributed by atoms with van der Waals surface area (Å²) in [5, 5.41) is 16.1. The van der Waals surface area contributed by atoms with Gasteiger partial charge in [0.15, 0.2) is 11.3 Å². The van der Waals surface area contributed by atoms with E-state index in [2.05, 4.69) is 20.6 Å². The number of carbonyl (C=O) groups is 1. The fourth-order valence-electron chi connectivity index (χ4n) is 4.18. The second kappa shape index (κ2) is 8.86. The van der Waals surface area contributed by atoms with Gasteiger partial charge >= 0.3 is 6.18 Å². The van der Waals surface area contributed by atoms with Crippen molar-refractivity contribution in [3.8, 4) is 0 Å². The van der Waals surface area contributed by atoms with Gasteiger partial charge in [-0.1, -0.05) is 36.4 Å². The van der Waals surface area contributed by atoms with Gasteiger partial charge < -0.3 is 5.32 Å². The largest absolute Gasteiger partial charge is 0.416 e. The van der Waals surface area contributed by atoms with Gasteiger partial charge in [0.05, 0.1) is 17.6 Å². The van der Waals surface area contributed by atoms with Gasteiger partial charge in [0.1, 0.15) is 5.82 Å². The molecule has 10 heteroatoms. The molecule has 35 heavy (non-hydrogen) atoms. The van der Waals surface area contributed by atoms with E-state index in [1.807, 2.05) is 28.8 Å². The summed E-state index contributed by atoms with van der Waals surface area (Å²) >= 11 is 0. The molecule has 0 unspecified atom stereocenters. The number of nitrogens with zero attached hydrogens (tertiary/aromatic N) is 5. The number of alkyl halides is 3. The molecule has 1 amide bonds. The Morgan fingerprint density at radius 1 is 1.00 bits per heavy atom. The van der Waals surface area contributed by atoms with Crippen molar-refractivity contribution in [2.75, 3.05) is 6.54 Å². The Morgan fingerprint density at radius 3 is 2.63 bits per heavy atom. The van der Waals surface area contributed by atoms with Crippen LogP contribution >= 0.6 is 0 Å². The van der Waals surface area contributed by atoms with Crippen LogP contribution in [0.15, 0.2) is 66.9 Å². The van der Waals surface area contributed by atoms with Crippen molar-refractivity contribution in [3.05, 3.63) is 95.1 Å². The third-order valence-corrected chi connectivity index (χ3v) is 5.92. The minimum Gasteiger partial charge on any atom is -0.350 e. The van der Waals surface area contributed by atoms with Crippen molar-refractivity contribution in [2.45, 2.75) is 26.1 Å². The van der Waals surface area contributed by atoms with Gasteiger partial charge in [-0.3, -0.25) is 13.9 Å². The van der Waals surface area contributed by atoms with Crippen LogP contribution in [0.4, 0.5) is 13.2 Å². The summed E-state index contributed by atoms with van der Waals surface area (Å²) in [7, 11) is 0. The molecule has 5 rings (SSSR count). The van der Waals surface area contributed by atoms with Crippen molar-refractivity contribution in [1.29, 1.82) is 0 Å². The molecule has 0 bridgehead atoms. The van der Waals surface area contributed by atoms with E-state index < -0.39 is 17.6 Å². The Bertz CT molecular complexity index is 1540. The molecule has 5 aromatic rings. The lowest BCUT2D eigenvalue weighted by Crippen LogP contribution is -2.27. The van der Waals surface area contributed by atoms with Crippen LogP contribution < -0.4 is 5.32 Å². The minimum absolute atomic E-state index is 0.110. The van der Waals surface area contributed by atoms with Gasteiger partial charge in [0, 0.05) is 24.5 Å². The summed E-state index contributed by atoms with van der Waals surface area (Å²) in [5.41, 5.74) is 1.38. The number of halogens is 3. The van der Waals surface area contributed by atoms with E-state index in [1.165, 1.54) is 10.7 Å². The molecule has 178 valence electrons. The number of hydrogen-bond donors (Lipinski definition) is 1. The lowest BCUT2D eigenvalue weighted by Gasteiger charge is -2.15. The maximum atomic E-state index is 13.6. The van der Waals surface area contributed by atoms with Gasteiger partial charge in [-0.15, -0.1) is 10.2 Å². The van der Waals surface area contributed by atoms with E-state index in [-0.39, 0.29) is 17.8 Å². The molecule has 0 saturated heterocycles. The maximum Gasteiger partial charge on any atom is 0.416 e. The highest BCUT2D eigenvalue weighted by Gasteiger charge is 2.34. The molecule has 0 aliphatic rings. The summed E-state index contributed by atoms with van der Waals surface area (Å²) in [6, 6.07) is 16.7. The molecule has 1 N–H and O–H groups in total. The average molecular weight is 478 g/mol. The quantitative estimate of drug-likeness (QED) is 0.392. The van der Waals surface area contributed by atoms with Gasteiger partial charge in [-0.2, -0.15) is 18.3 Å². The number of fused-ring (bicyclic) bond motifs is 2. The minimum atomic E-state index is -4.49. The molecule has 0 spiro atoms. The second-order valence-electron chi connectivity index (χ2n) is 8.17. The predicted molar refractivity (Wildman–Crippen MR) is 124 cm³/mol. The predicted octanol–water partition coefficient (Wildman–Crippen LogP) is 4.43. The molecule has 0 radical (unpaired) electrons. The number of para-hydroxylation sites is 1. The topological polar surface area (TPSA) is 77.1 Å². The van der Waals surface area contributed by atoms with Gasteiger partial charge in [0.25, 0.3) is 5.91 Å². The summed E-state index contributed by atoms with van der Waals surface area (Å²) in [6.07, 6.45) is -2.19. The first-order valence-corrected chi connectivity index (χ1v) is 11.0. The maximum absolute atomic E-state index is 13.6. The molecule has 0 fully saturated rings. The molecule has 0 saturated carbocycles. The fourth-order valence-corrected chi connectivity index (χ4v) is 4.18. The van der Waals surface area contributed by atoms with Crippen molar-refractivity contribution in [2.24, 2.45) is 0 Å². The van der Waals surface area contributed by atoms with Crippen LogP contribution in [0.25, 0.3) is 16.6 Å². The molecule has 7 nitrogen and oxygen atoms in total. The summed E-state index contributed by atoms with van der Waals surface area (Å²) in [4.78, 5) is 13.0. The van der Waals surface area contributed by atoms with Crippen LogP contribution in [0.5, 0.6) is 0 Å². The Labute approximate surface area is 198 Å². The van der Waals surface area contributed by atoms with Crippen LogP contribution in [0.3, 0.4) is 0 Å². The molecule has 0 aliphatic heterocycles. The standard InChI is InChI=1S/C25H21F3N6O/c1-16-7-6-9-19(25(26,27)28)18(16)15-34-20-10-3-2-8-17(20)23(32-34)24(35)29-13-12-22-31-30-21-11-4-5-14-33(21)22/h2-11,14H,12-13,15H2,1H3,(H,29,35). The van der Waals surface area contributed by atoms with E-state index in [0.717, 1.165) is 6.07 Å². The Hall–Kier alpha value is -4.21. The first kappa shape index (κ1) is 22.6. The van der Waals surface area contributed by atoms with E-state index in [0.29, 0.717) is 40.9 Å². The van der Waals surface area contributed by atoms with Crippen LogP contribution in [-0.4, -0.2) is 36.8 Å². The Kier molecular flexibility index (Phi) is 5.72. The highest BCUT2D eigenvalue weighted by molar-refractivity contribution is 6.04. The molecule has 2 aromatic carbocycles. The first-order valence-electron chi connectivity index (χ1n) is 11.0. The normalized spacial score (nSPS) is 11.9. The van der Waals surface area contributed by atoms with Crippen LogP contribution in [-0.2, 0) is 19.1 Å². The lowest BCUT2D eigenvalue weighted by atomic mass is 10.0. The van der Waals surface area contributed by atoms with E-state index in [1.54, 1.807) is 37.3 Å². The zero-order valence-corrected chi connectivity index (χ0v) is 18.8. The molecular formula is C25H21F3N6O. The van der Waals surface area contributed by atoms with Crippen molar-refractivity contribution < 1.29 is 18.0 Å². The van der Waals surface area contributed by atoms with Crippen molar-refractivity contribution in [1.82, 2.24) is 29.7 Å². The van der Waals surface area contributed by atoms with Crippen LogP contribution in [0.2, 0.25) is 0 Å². The number of pyridine rings is 1. The van der Waals surface area contributed by atoms with Crippen LogP contribution in [0, 0.1) is 6.92 Å². The number of aromatic nitrogens is 5.